The van der Waals surface area contributed by atoms with Gasteiger partial charge in [0.2, 0.25) is 0 Å². The molecule has 2 unspecified atom stereocenters. The number of carbonyl (C=O) groups excluding carboxylic acids is 1. The number of rotatable bonds is 0. The lowest BCUT2D eigenvalue weighted by Gasteiger charge is -2.62. The molecule has 4 aliphatic rings. The Morgan fingerprint density at radius 2 is 1.77 bits per heavy atom. The van der Waals surface area contributed by atoms with Crippen molar-refractivity contribution in [3.8, 4) is 0 Å². The summed E-state index contributed by atoms with van der Waals surface area (Å²) in [5.41, 5.74) is -2.30. The summed E-state index contributed by atoms with van der Waals surface area (Å²) in [7, 11) is 0. The van der Waals surface area contributed by atoms with Crippen LogP contribution >= 0.6 is 0 Å². The van der Waals surface area contributed by atoms with E-state index in [1.165, 1.54) is 0 Å². The number of hydrogen-bond donors (Lipinski definition) is 4. The van der Waals surface area contributed by atoms with Crippen molar-refractivity contribution < 1.29 is 30.0 Å². The predicted octanol–water partition coefficient (Wildman–Crippen LogP) is 0.561. The smallest absolute Gasteiger partial charge is 0.174 e. The van der Waals surface area contributed by atoms with Crippen molar-refractivity contribution >= 4 is 5.78 Å². The number of carbonyl (C=O) groups is 1. The standard InChI is InChI=1S/C20H30O6/c1-9-12(21)7-20(25)6-11-10-8-26-13(10)5-14(22)19(11,4)17(24)16(23)15(9)18(20,2)3/h10-14,16,21-23,25H,5-8H2,1-4H3/t10-,11?,12-,13?,14-,16+,19-,20-/m0/s1. The van der Waals surface area contributed by atoms with E-state index in [4.69, 9.17) is 4.74 Å². The van der Waals surface area contributed by atoms with E-state index >= 15 is 0 Å². The highest BCUT2D eigenvalue weighted by Crippen LogP contribution is 2.60. The van der Waals surface area contributed by atoms with Crippen molar-refractivity contribution in [3.05, 3.63) is 11.1 Å². The van der Waals surface area contributed by atoms with Gasteiger partial charge in [0.1, 0.15) is 6.10 Å². The number of aliphatic hydroxyl groups is 4. The quantitative estimate of drug-likeness (QED) is 0.467. The van der Waals surface area contributed by atoms with E-state index in [0.29, 0.717) is 30.6 Å². The molecular formula is C20H30O6. The summed E-state index contributed by atoms with van der Waals surface area (Å²) in [5.74, 6) is -0.632. The molecular weight excluding hydrogens is 336 g/mol. The monoisotopic (exact) mass is 366 g/mol. The first-order valence-electron chi connectivity index (χ1n) is 9.59. The normalized spacial score (nSPS) is 53.2. The van der Waals surface area contributed by atoms with Crippen molar-refractivity contribution in [2.75, 3.05) is 6.61 Å². The van der Waals surface area contributed by atoms with E-state index in [1.54, 1.807) is 13.8 Å². The number of ether oxygens (including phenoxy) is 1. The van der Waals surface area contributed by atoms with Gasteiger partial charge in [-0.25, -0.2) is 0 Å². The third-order valence-electron chi connectivity index (χ3n) is 8.32. The molecule has 146 valence electrons. The van der Waals surface area contributed by atoms with Gasteiger partial charge in [-0.1, -0.05) is 13.8 Å². The SMILES string of the molecule is CC1=C2[C@@H](O)C(=O)[C@@]3(C)C(C[C@](O)(C[C@@H]1O)C2(C)C)[C@@H]1COC1C[C@@H]3O. The van der Waals surface area contributed by atoms with Crippen LogP contribution in [-0.2, 0) is 9.53 Å². The second-order valence-electron chi connectivity index (χ2n) is 9.62. The zero-order valence-corrected chi connectivity index (χ0v) is 15.9. The molecule has 2 saturated carbocycles. The Labute approximate surface area is 153 Å². The topological polar surface area (TPSA) is 107 Å². The van der Waals surface area contributed by atoms with Crippen molar-refractivity contribution in [2.24, 2.45) is 22.7 Å². The molecule has 6 heteroatoms. The zero-order chi connectivity index (χ0) is 19.2. The van der Waals surface area contributed by atoms with E-state index in [1.807, 2.05) is 13.8 Å². The predicted molar refractivity (Wildman–Crippen MR) is 93.1 cm³/mol. The molecule has 3 fully saturated rings. The summed E-state index contributed by atoms with van der Waals surface area (Å²) in [4.78, 5) is 13.4. The fraction of sp³-hybridized carbons (Fsp3) is 0.850. The first-order valence-corrected chi connectivity index (χ1v) is 9.59. The van der Waals surface area contributed by atoms with Gasteiger partial charge in [0.05, 0.1) is 35.9 Å². The van der Waals surface area contributed by atoms with Gasteiger partial charge < -0.3 is 25.2 Å². The van der Waals surface area contributed by atoms with Gasteiger partial charge in [-0.2, -0.15) is 0 Å². The van der Waals surface area contributed by atoms with E-state index < -0.39 is 40.5 Å². The van der Waals surface area contributed by atoms with Gasteiger partial charge in [-0.05, 0) is 37.3 Å². The number of Topliss-reactive ketones (excluding diaryl/α,β-unsaturated/α-hetero) is 1. The molecule has 1 saturated heterocycles. The van der Waals surface area contributed by atoms with Gasteiger partial charge in [-0.3, -0.25) is 4.79 Å². The van der Waals surface area contributed by atoms with Crippen LogP contribution in [0.3, 0.4) is 0 Å². The molecule has 2 bridgehead atoms. The Hall–Kier alpha value is -0.790. The van der Waals surface area contributed by atoms with Crippen molar-refractivity contribution in [1.29, 1.82) is 0 Å². The molecule has 8 atom stereocenters. The average Bonchev–Trinajstić information content (AvgIpc) is 2.52. The van der Waals surface area contributed by atoms with Gasteiger partial charge >= 0.3 is 0 Å². The second kappa shape index (κ2) is 5.39. The molecule has 0 spiro atoms. The summed E-state index contributed by atoms with van der Waals surface area (Å²) in [6.07, 6.45) is -2.53. The third-order valence-corrected chi connectivity index (χ3v) is 8.32. The minimum absolute atomic E-state index is 0.0741. The lowest BCUT2D eigenvalue weighted by atomic mass is 9.47. The molecule has 3 aliphatic carbocycles. The molecule has 6 nitrogen and oxygen atoms in total. The van der Waals surface area contributed by atoms with Crippen LogP contribution in [0.15, 0.2) is 11.1 Å². The lowest BCUT2D eigenvalue weighted by Crippen LogP contribution is -2.69. The molecule has 0 amide bonds. The van der Waals surface area contributed by atoms with E-state index in [2.05, 4.69) is 0 Å². The summed E-state index contributed by atoms with van der Waals surface area (Å²) in [5, 5.41) is 44.1. The van der Waals surface area contributed by atoms with Crippen molar-refractivity contribution in [2.45, 2.75) is 77.0 Å². The van der Waals surface area contributed by atoms with Crippen LogP contribution in [0, 0.1) is 22.7 Å². The van der Waals surface area contributed by atoms with Gasteiger partial charge in [0, 0.05) is 24.2 Å². The van der Waals surface area contributed by atoms with Crippen LogP contribution in [0.4, 0.5) is 0 Å². The minimum Gasteiger partial charge on any atom is -0.392 e. The van der Waals surface area contributed by atoms with Crippen LogP contribution in [0.25, 0.3) is 0 Å². The van der Waals surface area contributed by atoms with E-state index in [-0.39, 0.29) is 24.4 Å². The van der Waals surface area contributed by atoms with Gasteiger partial charge in [-0.15, -0.1) is 0 Å². The molecule has 0 radical (unpaired) electrons. The Balaban J connectivity index is 1.92. The number of hydrogen-bond acceptors (Lipinski definition) is 6. The molecule has 0 aromatic carbocycles. The Bertz CT molecular complexity index is 684. The Morgan fingerprint density at radius 1 is 1.12 bits per heavy atom. The molecule has 1 aliphatic heterocycles. The number of fused-ring (bicyclic) bond motifs is 5. The summed E-state index contributed by atoms with van der Waals surface area (Å²) >= 11 is 0. The molecule has 4 N–H and O–H groups in total. The maximum Gasteiger partial charge on any atom is 0.174 e. The Kier molecular flexibility index (Phi) is 3.85. The van der Waals surface area contributed by atoms with Gasteiger partial charge in [0.15, 0.2) is 5.78 Å². The number of aliphatic hydroxyl groups excluding tert-OH is 3. The molecule has 1 heterocycles. The first kappa shape index (κ1) is 18.6. The Morgan fingerprint density at radius 3 is 2.35 bits per heavy atom. The maximum absolute atomic E-state index is 13.4. The third kappa shape index (κ3) is 2.02. The highest BCUT2D eigenvalue weighted by molar-refractivity contribution is 5.93. The summed E-state index contributed by atoms with van der Waals surface area (Å²) in [6, 6.07) is 0. The van der Waals surface area contributed by atoms with Crippen molar-refractivity contribution in [1.82, 2.24) is 0 Å². The van der Waals surface area contributed by atoms with Crippen molar-refractivity contribution in [3.63, 3.8) is 0 Å². The van der Waals surface area contributed by atoms with Crippen LogP contribution in [0.5, 0.6) is 0 Å². The maximum atomic E-state index is 13.4. The molecule has 4 rings (SSSR count). The lowest BCUT2D eigenvalue weighted by molar-refractivity contribution is -0.243. The van der Waals surface area contributed by atoms with Crippen LogP contribution in [-0.4, -0.2) is 62.8 Å². The van der Waals surface area contributed by atoms with E-state index in [0.717, 1.165) is 0 Å². The highest BCUT2D eigenvalue weighted by atomic mass is 16.5. The largest absolute Gasteiger partial charge is 0.392 e. The van der Waals surface area contributed by atoms with Crippen LogP contribution < -0.4 is 0 Å². The van der Waals surface area contributed by atoms with E-state index in [9.17, 15) is 25.2 Å². The second-order valence-corrected chi connectivity index (χ2v) is 9.62. The fourth-order valence-corrected chi connectivity index (χ4v) is 6.17. The first-order chi connectivity index (χ1) is 11.9. The fourth-order valence-electron chi connectivity index (χ4n) is 6.17. The minimum atomic E-state index is -1.44. The molecule has 0 aromatic heterocycles. The van der Waals surface area contributed by atoms with Crippen LogP contribution in [0.2, 0.25) is 0 Å². The van der Waals surface area contributed by atoms with Gasteiger partial charge in [0.25, 0.3) is 0 Å². The summed E-state index contributed by atoms with van der Waals surface area (Å²) in [6.45, 7) is 7.62. The number of ketones is 1. The highest BCUT2D eigenvalue weighted by Gasteiger charge is 2.66. The molecule has 0 aromatic rings. The zero-order valence-electron chi connectivity index (χ0n) is 15.9. The summed E-state index contributed by atoms with van der Waals surface area (Å²) < 4.78 is 5.59. The van der Waals surface area contributed by atoms with Crippen LogP contribution in [0.1, 0.15) is 47.0 Å². The average molecular weight is 366 g/mol. The molecule has 26 heavy (non-hydrogen) atoms.